The fourth-order valence-electron chi connectivity index (χ4n) is 2.83. The second kappa shape index (κ2) is 8.50. The maximum Gasteiger partial charge on any atom is 0.191 e. The monoisotopic (exact) mass is 321 g/mol. The molecule has 0 spiro atoms. The Morgan fingerprint density at radius 3 is 2.17 bits per heavy atom. The van der Waals surface area contributed by atoms with Gasteiger partial charge in [0.05, 0.1) is 21.3 Å². The molecule has 0 atom stereocenters. The number of nitrogens with two attached hydrogens (primary N) is 1. The van der Waals surface area contributed by atoms with Crippen LogP contribution in [-0.2, 0) is 6.42 Å². The van der Waals surface area contributed by atoms with Crippen LogP contribution in [0, 0.1) is 0 Å². The normalized spacial score (nSPS) is 15.4. The topological polar surface area (TPSA) is 69.3 Å². The molecule has 23 heavy (non-hydrogen) atoms. The average Bonchev–Trinajstić information content (AvgIpc) is 2.62. The van der Waals surface area contributed by atoms with Gasteiger partial charge in [-0.1, -0.05) is 0 Å². The molecule has 0 radical (unpaired) electrons. The molecule has 2 rings (SSSR count). The van der Waals surface area contributed by atoms with E-state index in [1.165, 1.54) is 19.3 Å². The van der Waals surface area contributed by atoms with Crippen LogP contribution in [0.2, 0.25) is 0 Å². The van der Waals surface area contributed by atoms with E-state index in [4.69, 9.17) is 19.9 Å². The first-order chi connectivity index (χ1) is 11.2. The van der Waals surface area contributed by atoms with Crippen LogP contribution < -0.4 is 19.9 Å². The minimum Gasteiger partial charge on any atom is -0.496 e. The van der Waals surface area contributed by atoms with E-state index < -0.39 is 0 Å². The van der Waals surface area contributed by atoms with Gasteiger partial charge in [-0.05, 0) is 25.7 Å². The second-order valence-corrected chi connectivity index (χ2v) is 5.55. The van der Waals surface area contributed by atoms with E-state index in [0.717, 1.165) is 30.2 Å². The van der Waals surface area contributed by atoms with Gasteiger partial charge < -0.3 is 24.8 Å². The van der Waals surface area contributed by atoms with Gasteiger partial charge >= 0.3 is 0 Å². The summed E-state index contributed by atoms with van der Waals surface area (Å²) in [5.74, 6) is 2.83. The van der Waals surface area contributed by atoms with Crippen molar-refractivity contribution >= 4 is 5.96 Å². The summed E-state index contributed by atoms with van der Waals surface area (Å²) in [6.07, 6.45) is 4.36. The van der Waals surface area contributed by atoms with Crippen LogP contribution in [0.4, 0.5) is 0 Å². The molecule has 128 valence electrons. The summed E-state index contributed by atoms with van der Waals surface area (Å²) in [5.41, 5.74) is 7.07. The molecule has 1 fully saturated rings. The highest BCUT2D eigenvalue weighted by atomic mass is 16.5. The average molecular weight is 321 g/mol. The Morgan fingerprint density at radius 2 is 1.65 bits per heavy atom. The van der Waals surface area contributed by atoms with Crippen LogP contribution in [0.15, 0.2) is 17.1 Å². The first-order valence-electron chi connectivity index (χ1n) is 8.03. The van der Waals surface area contributed by atoms with Crippen molar-refractivity contribution in [3.8, 4) is 17.2 Å². The number of ether oxygens (including phenoxy) is 3. The lowest BCUT2D eigenvalue weighted by Crippen LogP contribution is -2.41. The third kappa shape index (κ3) is 4.43. The smallest absolute Gasteiger partial charge is 0.191 e. The maximum absolute atomic E-state index is 6.09. The maximum atomic E-state index is 6.09. The van der Waals surface area contributed by atoms with E-state index in [9.17, 15) is 0 Å². The van der Waals surface area contributed by atoms with Crippen LogP contribution in [0.5, 0.6) is 17.2 Å². The van der Waals surface area contributed by atoms with Gasteiger partial charge in [0, 0.05) is 37.3 Å². The van der Waals surface area contributed by atoms with Crippen LogP contribution in [0.25, 0.3) is 0 Å². The zero-order chi connectivity index (χ0) is 16.7. The van der Waals surface area contributed by atoms with Crippen LogP contribution in [0.3, 0.4) is 0 Å². The van der Waals surface area contributed by atoms with Gasteiger partial charge in [0.25, 0.3) is 0 Å². The molecule has 0 amide bonds. The van der Waals surface area contributed by atoms with Gasteiger partial charge in [-0.2, -0.15) is 0 Å². The van der Waals surface area contributed by atoms with Gasteiger partial charge in [0.1, 0.15) is 17.2 Å². The van der Waals surface area contributed by atoms with Crippen molar-refractivity contribution in [1.82, 2.24) is 4.90 Å². The van der Waals surface area contributed by atoms with E-state index in [-0.39, 0.29) is 0 Å². The Kier molecular flexibility index (Phi) is 6.38. The number of hydrogen-bond donors (Lipinski definition) is 1. The number of hydrogen-bond acceptors (Lipinski definition) is 4. The molecule has 1 aromatic carbocycles. The SMILES string of the molecule is COc1cc(OC)c(CCN=C(N)N2CCCCC2)c(OC)c1. The molecule has 1 aromatic rings. The summed E-state index contributed by atoms with van der Waals surface area (Å²) >= 11 is 0. The third-order valence-corrected chi connectivity index (χ3v) is 4.13. The zero-order valence-electron chi connectivity index (χ0n) is 14.3. The lowest BCUT2D eigenvalue weighted by Gasteiger charge is -2.27. The molecule has 1 heterocycles. The number of aliphatic imine (C=N–C) groups is 1. The van der Waals surface area contributed by atoms with E-state index in [1.807, 2.05) is 12.1 Å². The summed E-state index contributed by atoms with van der Waals surface area (Å²) in [4.78, 5) is 6.67. The molecular formula is C17H27N3O3. The van der Waals surface area contributed by atoms with Gasteiger partial charge in [-0.3, -0.25) is 4.99 Å². The third-order valence-electron chi connectivity index (χ3n) is 4.13. The van der Waals surface area contributed by atoms with Crippen molar-refractivity contribution in [2.24, 2.45) is 10.7 Å². The van der Waals surface area contributed by atoms with Crippen molar-refractivity contribution in [3.63, 3.8) is 0 Å². The molecule has 6 nitrogen and oxygen atoms in total. The Hall–Kier alpha value is -2.11. The van der Waals surface area contributed by atoms with Crippen LogP contribution in [0.1, 0.15) is 24.8 Å². The quantitative estimate of drug-likeness (QED) is 0.641. The predicted molar refractivity (Wildman–Crippen MR) is 91.7 cm³/mol. The lowest BCUT2D eigenvalue weighted by atomic mass is 10.1. The van der Waals surface area contributed by atoms with Crippen LogP contribution >= 0.6 is 0 Å². The molecule has 0 aromatic heterocycles. The second-order valence-electron chi connectivity index (χ2n) is 5.55. The highest BCUT2D eigenvalue weighted by Gasteiger charge is 2.14. The van der Waals surface area contributed by atoms with E-state index in [0.29, 0.717) is 24.7 Å². The highest BCUT2D eigenvalue weighted by Crippen LogP contribution is 2.34. The van der Waals surface area contributed by atoms with Gasteiger partial charge in [0.15, 0.2) is 5.96 Å². The number of methoxy groups -OCH3 is 3. The molecule has 0 unspecified atom stereocenters. The first kappa shape index (κ1) is 17.2. The van der Waals surface area contributed by atoms with Crippen LogP contribution in [-0.4, -0.2) is 51.8 Å². The standard InChI is InChI=1S/C17H27N3O3/c1-21-13-11-15(22-2)14(16(12-13)23-3)7-8-19-17(18)20-9-5-4-6-10-20/h11-12H,4-10H2,1-3H3,(H2,18,19). The molecule has 0 aliphatic carbocycles. The number of nitrogens with zero attached hydrogens (tertiary/aromatic N) is 2. The molecule has 1 aliphatic heterocycles. The van der Waals surface area contributed by atoms with Crippen molar-refractivity contribution < 1.29 is 14.2 Å². The number of rotatable bonds is 6. The lowest BCUT2D eigenvalue weighted by molar-refractivity contribution is 0.338. The molecule has 0 bridgehead atoms. The Labute approximate surface area is 138 Å². The zero-order valence-corrected chi connectivity index (χ0v) is 14.3. The minimum atomic E-state index is 0.599. The van der Waals surface area contributed by atoms with Gasteiger partial charge in [0.2, 0.25) is 0 Å². The Bertz CT molecular complexity index is 515. The van der Waals surface area contributed by atoms with Gasteiger partial charge in [-0.25, -0.2) is 0 Å². The molecule has 1 aliphatic rings. The predicted octanol–water partition coefficient (Wildman–Crippen LogP) is 2.06. The molecule has 0 saturated carbocycles. The van der Waals surface area contributed by atoms with Crippen molar-refractivity contribution in [2.75, 3.05) is 41.0 Å². The summed E-state index contributed by atoms with van der Waals surface area (Å²) in [7, 11) is 4.91. The largest absolute Gasteiger partial charge is 0.496 e. The summed E-state index contributed by atoms with van der Waals surface area (Å²) in [6, 6.07) is 3.71. The fraction of sp³-hybridized carbons (Fsp3) is 0.588. The molecule has 2 N–H and O–H groups in total. The molecule has 1 saturated heterocycles. The number of benzene rings is 1. The highest BCUT2D eigenvalue weighted by molar-refractivity contribution is 5.78. The molecular weight excluding hydrogens is 294 g/mol. The van der Waals surface area contributed by atoms with Crippen molar-refractivity contribution in [2.45, 2.75) is 25.7 Å². The number of piperidine rings is 1. The summed E-state index contributed by atoms with van der Waals surface area (Å²) in [5, 5.41) is 0. The van der Waals surface area contributed by atoms with E-state index in [2.05, 4.69) is 9.89 Å². The van der Waals surface area contributed by atoms with Crippen molar-refractivity contribution in [1.29, 1.82) is 0 Å². The fourth-order valence-corrected chi connectivity index (χ4v) is 2.83. The number of guanidine groups is 1. The Morgan fingerprint density at radius 1 is 1.04 bits per heavy atom. The van der Waals surface area contributed by atoms with Gasteiger partial charge in [-0.15, -0.1) is 0 Å². The first-order valence-corrected chi connectivity index (χ1v) is 8.03. The summed E-state index contributed by atoms with van der Waals surface area (Å²) < 4.78 is 16.2. The summed E-state index contributed by atoms with van der Waals surface area (Å²) in [6.45, 7) is 2.61. The van der Waals surface area contributed by atoms with E-state index in [1.54, 1.807) is 21.3 Å². The van der Waals surface area contributed by atoms with Crippen molar-refractivity contribution in [3.05, 3.63) is 17.7 Å². The Balaban J connectivity index is 2.07. The minimum absolute atomic E-state index is 0.599. The number of likely N-dealkylation sites (tertiary alicyclic amines) is 1. The molecule has 6 heteroatoms. The van der Waals surface area contributed by atoms with E-state index >= 15 is 0 Å².